The first-order valence-electron chi connectivity index (χ1n) is 10.8. The maximum atomic E-state index is 11.2. The summed E-state index contributed by atoms with van der Waals surface area (Å²) in [7, 11) is 2.16. The molecule has 0 spiro atoms. The molecule has 1 fully saturated rings. The summed E-state index contributed by atoms with van der Waals surface area (Å²) in [5.74, 6) is 1.18. The lowest BCUT2D eigenvalue weighted by molar-refractivity contribution is -0.0272. The summed E-state index contributed by atoms with van der Waals surface area (Å²) < 4.78 is 6.63. The van der Waals surface area contributed by atoms with Gasteiger partial charge in [0.05, 0.1) is 17.1 Å². The fraction of sp³-hybridized carbons (Fsp3) is 0.458. The molecule has 0 amide bonds. The number of ether oxygens (including phenoxy) is 1. The van der Waals surface area contributed by atoms with Crippen LogP contribution in [0.3, 0.4) is 0 Å². The molecule has 1 aliphatic heterocycles. The van der Waals surface area contributed by atoms with Crippen molar-refractivity contribution in [1.82, 2.24) is 14.9 Å². The zero-order valence-electron chi connectivity index (χ0n) is 17.0. The molecular weight excluding hydrogens is 362 g/mol. The quantitative estimate of drug-likeness (QED) is 0.694. The number of H-pyrrole nitrogens is 1. The molecule has 1 atom stereocenters. The molecule has 2 heterocycles. The summed E-state index contributed by atoms with van der Waals surface area (Å²) in [5, 5.41) is 11.2. The molecule has 1 unspecified atom stereocenters. The number of nitrogens with zero attached hydrogens (tertiary/aromatic N) is 2. The third-order valence-electron chi connectivity index (χ3n) is 6.47. The Bertz CT molecular complexity index is 972. The number of piperidine rings is 1. The first-order chi connectivity index (χ1) is 14.2. The molecule has 5 rings (SSSR count). The number of likely N-dealkylation sites (tertiary alicyclic amines) is 1. The standard InChI is InChI=1S/C24H29N3O2/c1-27-14-12-17(13-15-27)29-23(24-25-20-8-4-5-9-21(20)26-24)19-11-10-16-6-2-3-7-18(16)22(19)28/h4-5,8-11,17,23,28H,2-3,6-7,12-15H2,1H3,(H,25,26). The molecule has 5 heteroatoms. The van der Waals surface area contributed by atoms with Gasteiger partial charge in [-0.15, -0.1) is 0 Å². The second-order valence-electron chi connectivity index (χ2n) is 8.51. The predicted molar refractivity (Wildman–Crippen MR) is 114 cm³/mol. The van der Waals surface area contributed by atoms with Gasteiger partial charge in [0.25, 0.3) is 0 Å². The number of aromatic nitrogens is 2. The Kier molecular flexibility index (Phi) is 5.02. The SMILES string of the molecule is CN1CCC(OC(c2nc3ccccc3[nH]2)c2ccc3c(c2O)CCCC3)CC1. The van der Waals surface area contributed by atoms with Crippen molar-refractivity contribution in [1.29, 1.82) is 0 Å². The van der Waals surface area contributed by atoms with Crippen molar-refractivity contribution < 1.29 is 9.84 Å². The minimum atomic E-state index is -0.386. The van der Waals surface area contributed by atoms with E-state index in [0.29, 0.717) is 5.75 Å². The van der Waals surface area contributed by atoms with E-state index in [0.717, 1.165) is 73.2 Å². The Balaban J connectivity index is 1.54. The highest BCUT2D eigenvalue weighted by Crippen LogP contribution is 2.39. The minimum absolute atomic E-state index is 0.167. The van der Waals surface area contributed by atoms with Crippen LogP contribution in [0.25, 0.3) is 11.0 Å². The summed E-state index contributed by atoms with van der Waals surface area (Å²) in [6, 6.07) is 12.3. The lowest BCUT2D eigenvalue weighted by atomic mass is 9.88. The molecule has 1 aromatic heterocycles. The molecule has 29 heavy (non-hydrogen) atoms. The number of imidazole rings is 1. The van der Waals surface area contributed by atoms with Gasteiger partial charge >= 0.3 is 0 Å². The van der Waals surface area contributed by atoms with Crippen molar-refractivity contribution >= 4 is 11.0 Å². The van der Waals surface area contributed by atoms with E-state index in [4.69, 9.17) is 9.72 Å². The number of aromatic hydroxyl groups is 1. The number of nitrogens with one attached hydrogen (secondary N) is 1. The molecule has 152 valence electrons. The molecule has 0 bridgehead atoms. The van der Waals surface area contributed by atoms with Gasteiger partial charge < -0.3 is 19.7 Å². The molecule has 0 radical (unpaired) electrons. The van der Waals surface area contributed by atoms with Gasteiger partial charge in [-0.2, -0.15) is 0 Å². The van der Waals surface area contributed by atoms with Crippen LogP contribution in [0.1, 0.15) is 54.3 Å². The summed E-state index contributed by atoms with van der Waals surface area (Å²) in [6.45, 7) is 2.07. The highest BCUT2D eigenvalue weighted by molar-refractivity contribution is 5.75. The average Bonchev–Trinajstić information content (AvgIpc) is 3.18. The molecule has 2 aromatic carbocycles. The Morgan fingerprint density at radius 3 is 2.72 bits per heavy atom. The fourth-order valence-electron chi connectivity index (χ4n) is 4.73. The Morgan fingerprint density at radius 1 is 1.10 bits per heavy atom. The number of para-hydroxylation sites is 2. The smallest absolute Gasteiger partial charge is 0.144 e. The fourth-order valence-corrected chi connectivity index (χ4v) is 4.73. The van der Waals surface area contributed by atoms with Crippen LogP contribution in [-0.4, -0.2) is 46.2 Å². The number of benzene rings is 2. The van der Waals surface area contributed by atoms with E-state index < -0.39 is 0 Å². The van der Waals surface area contributed by atoms with E-state index >= 15 is 0 Å². The van der Waals surface area contributed by atoms with E-state index in [2.05, 4.69) is 23.0 Å². The lowest BCUT2D eigenvalue weighted by Crippen LogP contribution is -2.35. The summed E-state index contributed by atoms with van der Waals surface area (Å²) in [6.07, 6.45) is 6.10. The van der Waals surface area contributed by atoms with Gasteiger partial charge in [-0.05, 0) is 68.8 Å². The number of phenols is 1. The topological polar surface area (TPSA) is 61.4 Å². The summed E-state index contributed by atoms with van der Waals surface area (Å²) in [4.78, 5) is 10.6. The van der Waals surface area contributed by atoms with Crippen LogP contribution < -0.4 is 0 Å². The molecule has 3 aromatic rings. The molecule has 5 nitrogen and oxygen atoms in total. The van der Waals surface area contributed by atoms with Crippen LogP contribution in [0.2, 0.25) is 0 Å². The van der Waals surface area contributed by atoms with Gasteiger partial charge in [0, 0.05) is 18.7 Å². The van der Waals surface area contributed by atoms with Crippen molar-refractivity contribution in [3.05, 3.63) is 58.9 Å². The molecule has 1 saturated heterocycles. The van der Waals surface area contributed by atoms with Crippen LogP contribution in [-0.2, 0) is 17.6 Å². The molecule has 1 aliphatic carbocycles. The van der Waals surface area contributed by atoms with Crippen LogP contribution in [0.15, 0.2) is 36.4 Å². The Hall–Kier alpha value is -2.37. The zero-order valence-corrected chi connectivity index (χ0v) is 17.0. The third-order valence-corrected chi connectivity index (χ3v) is 6.47. The third kappa shape index (κ3) is 3.65. The number of hydrogen-bond donors (Lipinski definition) is 2. The maximum absolute atomic E-state index is 11.2. The Labute approximate surface area is 171 Å². The van der Waals surface area contributed by atoms with Crippen molar-refractivity contribution in [3.63, 3.8) is 0 Å². The second kappa shape index (κ2) is 7.81. The van der Waals surface area contributed by atoms with E-state index in [1.54, 1.807) is 0 Å². The maximum Gasteiger partial charge on any atom is 0.144 e. The number of fused-ring (bicyclic) bond motifs is 2. The van der Waals surface area contributed by atoms with Gasteiger partial charge in [-0.1, -0.05) is 24.3 Å². The highest BCUT2D eigenvalue weighted by atomic mass is 16.5. The van der Waals surface area contributed by atoms with Gasteiger partial charge in [0.15, 0.2) is 0 Å². The van der Waals surface area contributed by atoms with E-state index in [1.165, 1.54) is 12.0 Å². The van der Waals surface area contributed by atoms with Crippen molar-refractivity contribution in [3.8, 4) is 5.75 Å². The minimum Gasteiger partial charge on any atom is -0.507 e. The van der Waals surface area contributed by atoms with Crippen LogP contribution in [0, 0.1) is 0 Å². The van der Waals surface area contributed by atoms with Crippen LogP contribution in [0.5, 0.6) is 5.75 Å². The van der Waals surface area contributed by atoms with Crippen LogP contribution in [0.4, 0.5) is 0 Å². The average molecular weight is 392 g/mol. The monoisotopic (exact) mass is 391 g/mol. The van der Waals surface area contributed by atoms with E-state index in [-0.39, 0.29) is 12.2 Å². The van der Waals surface area contributed by atoms with Gasteiger partial charge in [-0.25, -0.2) is 4.98 Å². The first-order valence-corrected chi connectivity index (χ1v) is 10.8. The van der Waals surface area contributed by atoms with Gasteiger partial charge in [-0.3, -0.25) is 0 Å². The number of phenolic OH excluding ortho intramolecular Hbond substituents is 1. The normalized spacial score (nSPS) is 19.3. The summed E-state index contributed by atoms with van der Waals surface area (Å²) >= 11 is 0. The molecule has 2 aliphatic rings. The summed E-state index contributed by atoms with van der Waals surface area (Å²) in [5.41, 5.74) is 5.14. The van der Waals surface area contributed by atoms with Crippen molar-refractivity contribution in [2.24, 2.45) is 0 Å². The largest absolute Gasteiger partial charge is 0.507 e. The Morgan fingerprint density at radius 2 is 1.90 bits per heavy atom. The van der Waals surface area contributed by atoms with Crippen molar-refractivity contribution in [2.45, 2.75) is 50.7 Å². The van der Waals surface area contributed by atoms with E-state index in [1.807, 2.05) is 30.3 Å². The lowest BCUT2D eigenvalue weighted by Gasteiger charge is -2.32. The molecule has 0 saturated carbocycles. The molecule has 2 N–H and O–H groups in total. The number of aryl methyl sites for hydroxylation is 1. The van der Waals surface area contributed by atoms with Gasteiger partial charge in [0.2, 0.25) is 0 Å². The van der Waals surface area contributed by atoms with Crippen LogP contribution >= 0.6 is 0 Å². The second-order valence-corrected chi connectivity index (χ2v) is 8.51. The predicted octanol–water partition coefficient (Wildman–Crippen LogP) is 4.35. The van der Waals surface area contributed by atoms with Crippen molar-refractivity contribution in [2.75, 3.05) is 20.1 Å². The number of aromatic amines is 1. The number of hydrogen-bond acceptors (Lipinski definition) is 4. The zero-order chi connectivity index (χ0) is 19.8. The first kappa shape index (κ1) is 18.6. The van der Waals surface area contributed by atoms with E-state index in [9.17, 15) is 5.11 Å². The number of rotatable bonds is 4. The van der Waals surface area contributed by atoms with Gasteiger partial charge in [0.1, 0.15) is 17.7 Å². The highest BCUT2D eigenvalue weighted by Gasteiger charge is 2.29. The molecular formula is C24H29N3O2.